The molecular formula is C8H11N3O7. The van der Waals surface area contributed by atoms with Gasteiger partial charge >= 0.3 is 5.69 Å². The van der Waals surface area contributed by atoms with Crippen LogP contribution in [0.4, 0.5) is 0 Å². The van der Waals surface area contributed by atoms with Crippen molar-refractivity contribution >= 4 is 0 Å². The van der Waals surface area contributed by atoms with Gasteiger partial charge < -0.3 is 20.4 Å². The van der Waals surface area contributed by atoms with Crippen LogP contribution in [-0.4, -0.2) is 55.1 Å². The van der Waals surface area contributed by atoms with Gasteiger partial charge in [-0.3, -0.25) is 9.78 Å². The second-order valence-corrected chi connectivity index (χ2v) is 3.65. The van der Waals surface area contributed by atoms with E-state index in [0.29, 0.717) is 9.85 Å². The summed E-state index contributed by atoms with van der Waals surface area (Å²) in [7, 11) is 0. The van der Waals surface area contributed by atoms with E-state index in [0.717, 1.165) is 6.20 Å². The summed E-state index contributed by atoms with van der Waals surface area (Å²) >= 11 is 0. The standard InChI is InChI=1S/C8H11N3O7/c12-2-4-5(14)7(16)11(18-4)10-1-3(13)6(15)9-8(10)17/h1,4-5,7,12-14,16H,2H2,(H,9,15,17)/t4-,5-,7-/m1/s1. The van der Waals surface area contributed by atoms with Gasteiger partial charge in [0.1, 0.15) is 12.2 Å². The molecule has 0 saturated carbocycles. The minimum atomic E-state index is -1.63. The molecule has 1 fully saturated rings. The molecule has 2 rings (SSSR count). The quantitative estimate of drug-likeness (QED) is 0.363. The predicted molar refractivity (Wildman–Crippen MR) is 55.2 cm³/mol. The molecule has 5 N–H and O–H groups in total. The van der Waals surface area contributed by atoms with Crippen LogP contribution in [0.1, 0.15) is 0 Å². The zero-order chi connectivity index (χ0) is 13.4. The molecule has 1 aromatic rings. The summed E-state index contributed by atoms with van der Waals surface area (Å²) in [6.45, 7) is -0.585. The minimum absolute atomic E-state index is 0.545. The maximum atomic E-state index is 11.4. The van der Waals surface area contributed by atoms with Gasteiger partial charge in [0.15, 0.2) is 6.23 Å². The monoisotopic (exact) mass is 261 g/mol. The number of rotatable bonds is 2. The van der Waals surface area contributed by atoms with Crippen molar-refractivity contribution in [3.63, 3.8) is 0 Å². The van der Waals surface area contributed by atoms with Crippen molar-refractivity contribution in [1.29, 1.82) is 0 Å². The van der Waals surface area contributed by atoms with E-state index in [1.807, 2.05) is 0 Å². The van der Waals surface area contributed by atoms with Crippen LogP contribution in [0, 0.1) is 0 Å². The number of aromatic hydroxyl groups is 1. The van der Waals surface area contributed by atoms with E-state index in [4.69, 9.17) is 9.94 Å². The zero-order valence-electron chi connectivity index (χ0n) is 8.92. The number of hydroxylamine groups is 1. The van der Waals surface area contributed by atoms with Gasteiger partial charge in [-0.25, -0.2) is 9.63 Å². The van der Waals surface area contributed by atoms with Crippen LogP contribution in [0.15, 0.2) is 15.8 Å². The Bertz CT molecular complexity index is 552. The second kappa shape index (κ2) is 4.42. The summed E-state index contributed by atoms with van der Waals surface area (Å²) in [6, 6.07) is 0. The Kier molecular flexibility index (Phi) is 3.09. The van der Waals surface area contributed by atoms with E-state index < -0.39 is 42.0 Å². The molecule has 18 heavy (non-hydrogen) atoms. The molecule has 10 nitrogen and oxygen atoms in total. The number of nitrogens with zero attached hydrogens (tertiary/aromatic N) is 2. The highest BCUT2D eigenvalue weighted by atomic mass is 16.8. The third-order valence-corrected chi connectivity index (χ3v) is 2.45. The summed E-state index contributed by atoms with van der Waals surface area (Å²) in [5.41, 5.74) is -1.98. The molecule has 0 aliphatic carbocycles. The molecule has 2 heterocycles. The Labute approximate surface area is 98.8 Å². The fraction of sp³-hybridized carbons (Fsp3) is 0.500. The number of hydrogen-bond acceptors (Lipinski definition) is 8. The van der Waals surface area contributed by atoms with E-state index in [1.165, 1.54) is 0 Å². The molecule has 0 aromatic carbocycles. The van der Waals surface area contributed by atoms with Crippen LogP contribution in [0.3, 0.4) is 0 Å². The SMILES string of the molecule is O=c1[nH]c(=O)n(N2O[C@H](CO)[C@@H](O)[C@H]2O)cc1O. The third kappa shape index (κ3) is 1.86. The number of hydrogen-bond donors (Lipinski definition) is 5. The van der Waals surface area contributed by atoms with Crippen molar-refractivity contribution in [2.75, 3.05) is 11.8 Å². The Morgan fingerprint density at radius 3 is 2.61 bits per heavy atom. The van der Waals surface area contributed by atoms with Crippen LogP contribution in [0.2, 0.25) is 0 Å². The van der Waals surface area contributed by atoms with Crippen LogP contribution >= 0.6 is 0 Å². The van der Waals surface area contributed by atoms with Gasteiger partial charge in [0.05, 0.1) is 12.8 Å². The van der Waals surface area contributed by atoms with Crippen molar-refractivity contribution in [3.8, 4) is 5.75 Å². The second-order valence-electron chi connectivity index (χ2n) is 3.65. The van der Waals surface area contributed by atoms with E-state index >= 15 is 0 Å². The number of aliphatic hydroxyl groups excluding tert-OH is 3. The van der Waals surface area contributed by atoms with Crippen molar-refractivity contribution in [2.24, 2.45) is 0 Å². The number of aromatic nitrogens is 2. The Hall–Kier alpha value is -1.88. The van der Waals surface area contributed by atoms with Gasteiger partial charge in [0.25, 0.3) is 5.56 Å². The predicted octanol–water partition coefficient (Wildman–Crippen LogP) is -3.83. The lowest BCUT2D eigenvalue weighted by atomic mass is 10.2. The summed E-state index contributed by atoms with van der Waals surface area (Å²) in [6.07, 6.45) is -3.49. The number of aliphatic hydroxyl groups is 3. The molecule has 10 heteroatoms. The first-order chi connectivity index (χ1) is 8.45. The van der Waals surface area contributed by atoms with Crippen molar-refractivity contribution in [3.05, 3.63) is 27.0 Å². The van der Waals surface area contributed by atoms with Crippen LogP contribution in [0.25, 0.3) is 0 Å². The lowest BCUT2D eigenvalue weighted by Gasteiger charge is -2.21. The molecule has 3 atom stereocenters. The van der Waals surface area contributed by atoms with Crippen molar-refractivity contribution < 1.29 is 25.3 Å². The first kappa shape index (κ1) is 12.6. The van der Waals surface area contributed by atoms with Gasteiger partial charge in [-0.1, -0.05) is 0 Å². The third-order valence-electron chi connectivity index (χ3n) is 2.45. The maximum absolute atomic E-state index is 11.4. The molecule has 1 aliphatic rings. The molecular weight excluding hydrogens is 250 g/mol. The molecule has 1 aliphatic heterocycles. The minimum Gasteiger partial charge on any atom is -0.502 e. The van der Waals surface area contributed by atoms with Gasteiger partial charge in [0, 0.05) is 0 Å². The Morgan fingerprint density at radius 1 is 1.39 bits per heavy atom. The van der Waals surface area contributed by atoms with Gasteiger partial charge in [-0.2, -0.15) is 9.85 Å². The molecule has 1 aromatic heterocycles. The summed E-state index contributed by atoms with van der Waals surface area (Å²) in [5, 5.41) is 37.7. The number of H-pyrrole nitrogens is 1. The van der Waals surface area contributed by atoms with Gasteiger partial charge in [-0.05, 0) is 0 Å². The van der Waals surface area contributed by atoms with E-state index in [1.54, 1.807) is 4.98 Å². The topological polar surface area (TPSA) is 148 Å². The number of nitrogens with one attached hydrogen (secondary N) is 1. The first-order valence-corrected chi connectivity index (χ1v) is 4.94. The summed E-state index contributed by atoms with van der Waals surface area (Å²) in [5.74, 6) is -0.771. The number of aromatic amines is 1. The average Bonchev–Trinajstić information content (AvgIpc) is 2.61. The van der Waals surface area contributed by atoms with Crippen LogP contribution < -0.4 is 16.4 Å². The average molecular weight is 261 g/mol. The molecule has 0 bridgehead atoms. The van der Waals surface area contributed by atoms with Crippen molar-refractivity contribution in [1.82, 2.24) is 9.66 Å². The van der Waals surface area contributed by atoms with Crippen LogP contribution in [-0.2, 0) is 4.84 Å². The fourth-order valence-electron chi connectivity index (χ4n) is 1.50. The molecule has 0 amide bonds. The lowest BCUT2D eigenvalue weighted by Crippen LogP contribution is -2.48. The van der Waals surface area contributed by atoms with Crippen LogP contribution in [0.5, 0.6) is 5.75 Å². The normalized spacial score (nSPS) is 27.7. The van der Waals surface area contributed by atoms with E-state index in [-0.39, 0.29) is 0 Å². The fourth-order valence-corrected chi connectivity index (χ4v) is 1.50. The Morgan fingerprint density at radius 2 is 2.06 bits per heavy atom. The van der Waals surface area contributed by atoms with Gasteiger partial charge in [-0.15, -0.1) is 0 Å². The summed E-state index contributed by atoms with van der Waals surface area (Å²) < 4.78 is 0.570. The van der Waals surface area contributed by atoms with Gasteiger partial charge in [0.2, 0.25) is 5.75 Å². The lowest BCUT2D eigenvalue weighted by molar-refractivity contribution is -0.0237. The highest BCUT2D eigenvalue weighted by molar-refractivity contribution is 5.11. The molecule has 100 valence electrons. The smallest absolute Gasteiger partial charge is 0.349 e. The zero-order valence-corrected chi connectivity index (χ0v) is 8.92. The highest BCUT2D eigenvalue weighted by Gasteiger charge is 2.42. The molecule has 0 radical (unpaired) electrons. The maximum Gasteiger partial charge on any atom is 0.349 e. The van der Waals surface area contributed by atoms with Crippen molar-refractivity contribution in [2.45, 2.75) is 18.4 Å². The Balaban J connectivity index is 2.42. The summed E-state index contributed by atoms with van der Waals surface area (Å²) in [4.78, 5) is 29.1. The molecule has 0 unspecified atom stereocenters. The van der Waals surface area contributed by atoms with E-state index in [9.17, 15) is 24.9 Å². The largest absolute Gasteiger partial charge is 0.502 e. The van der Waals surface area contributed by atoms with E-state index in [2.05, 4.69) is 0 Å². The highest BCUT2D eigenvalue weighted by Crippen LogP contribution is 2.17. The molecule has 0 spiro atoms. The first-order valence-electron chi connectivity index (χ1n) is 4.94. The molecule has 1 saturated heterocycles.